The van der Waals surface area contributed by atoms with Gasteiger partial charge >= 0.3 is 0 Å². The number of likely N-dealkylation sites (tertiary alicyclic amines) is 1. The number of benzene rings is 2. The van der Waals surface area contributed by atoms with Crippen molar-refractivity contribution in [3.63, 3.8) is 0 Å². The highest BCUT2D eigenvalue weighted by molar-refractivity contribution is 5.77. The van der Waals surface area contributed by atoms with Crippen LogP contribution in [-0.2, 0) is 22.5 Å². The van der Waals surface area contributed by atoms with Gasteiger partial charge in [-0.2, -0.15) is 0 Å². The summed E-state index contributed by atoms with van der Waals surface area (Å²) in [6, 6.07) is 18.5. The molecule has 30 heavy (non-hydrogen) atoms. The minimum Gasteiger partial charge on any atom is -0.484 e. The van der Waals surface area contributed by atoms with Gasteiger partial charge in [-0.25, -0.2) is 0 Å². The van der Waals surface area contributed by atoms with Crippen LogP contribution in [0.3, 0.4) is 0 Å². The predicted octanol–water partition coefficient (Wildman–Crippen LogP) is 3.62. The first-order valence-corrected chi connectivity index (χ1v) is 10.8. The molecular weight excluding hydrogens is 376 g/mol. The Morgan fingerprint density at radius 1 is 1.03 bits per heavy atom. The number of piperidine rings is 1. The summed E-state index contributed by atoms with van der Waals surface area (Å²) in [6.45, 7) is 4.40. The molecular formula is C25H34N2O3. The van der Waals surface area contributed by atoms with Crippen molar-refractivity contribution in [2.75, 3.05) is 47.0 Å². The first kappa shape index (κ1) is 22.3. The lowest BCUT2D eigenvalue weighted by Crippen LogP contribution is -2.41. The largest absolute Gasteiger partial charge is 0.484 e. The zero-order valence-corrected chi connectivity index (χ0v) is 18.3. The van der Waals surface area contributed by atoms with Gasteiger partial charge in [0.1, 0.15) is 5.75 Å². The normalized spacial score (nSPS) is 14.8. The third kappa shape index (κ3) is 7.15. The summed E-state index contributed by atoms with van der Waals surface area (Å²) >= 11 is 0. The molecule has 3 rings (SSSR count). The molecule has 2 aromatic carbocycles. The maximum absolute atomic E-state index is 12.4. The van der Waals surface area contributed by atoms with Crippen molar-refractivity contribution in [1.82, 2.24) is 9.80 Å². The molecule has 1 amide bonds. The molecule has 0 spiro atoms. The Balaban J connectivity index is 1.38. The maximum Gasteiger partial charge on any atom is 0.260 e. The van der Waals surface area contributed by atoms with Gasteiger partial charge in [0.25, 0.3) is 5.91 Å². The molecule has 5 nitrogen and oxygen atoms in total. The summed E-state index contributed by atoms with van der Waals surface area (Å²) in [6.07, 6.45) is 3.19. The van der Waals surface area contributed by atoms with Crippen LogP contribution in [0, 0.1) is 5.92 Å². The second-order valence-corrected chi connectivity index (χ2v) is 8.18. The van der Waals surface area contributed by atoms with Crippen molar-refractivity contribution < 1.29 is 14.3 Å². The summed E-state index contributed by atoms with van der Waals surface area (Å²) in [7, 11) is 3.86. The summed E-state index contributed by atoms with van der Waals surface area (Å²) in [5.41, 5.74) is 2.71. The molecule has 0 bridgehead atoms. The van der Waals surface area contributed by atoms with E-state index in [1.807, 2.05) is 35.2 Å². The number of hydrogen-bond donors (Lipinski definition) is 0. The Bertz CT molecular complexity index is 756. The number of carbonyl (C=O) groups is 1. The Morgan fingerprint density at radius 3 is 2.37 bits per heavy atom. The molecule has 0 saturated carbocycles. The van der Waals surface area contributed by atoms with Crippen LogP contribution in [0.1, 0.15) is 24.0 Å². The minimum atomic E-state index is 0.0826. The highest BCUT2D eigenvalue weighted by atomic mass is 16.5. The van der Waals surface area contributed by atoms with Crippen molar-refractivity contribution in [3.8, 4) is 5.75 Å². The van der Waals surface area contributed by atoms with Crippen LogP contribution in [0.5, 0.6) is 5.75 Å². The third-order valence-corrected chi connectivity index (χ3v) is 5.75. The molecule has 1 saturated heterocycles. The molecule has 162 valence electrons. The molecule has 0 unspecified atom stereocenters. The fraction of sp³-hybridized carbons (Fsp3) is 0.480. The summed E-state index contributed by atoms with van der Waals surface area (Å²) in [4.78, 5) is 16.6. The van der Waals surface area contributed by atoms with Crippen molar-refractivity contribution >= 4 is 5.91 Å². The number of rotatable bonds is 10. The van der Waals surface area contributed by atoms with E-state index in [0.29, 0.717) is 5.92 Å². The average molecular weight is 411 g/mol. The molecule has 0 aliphatic carbocycles. The molecule has 0 N–H and O–H groups in total. The van der Waals surface area contributed by atoms with Crippen molar-refractivity contribution in [2.45, 2.75) is 25.8 Å². The van der Waals surface area contributed by atoms with Gasteiger partial charge in [0, 0.05) is 33.3 Å². The van der Waals surface area contributed by atoms with Crippen LogP contribution >= 0.6 is 0 Å². The second kappa shape index (κ2) is 11.7. The molecule has 0 atom stereocenters. The van der Waals surface area contributed by atoms with E-state index in [1.54, 1.807) is 7.11 Å². The Hall–Kier alpha value is -2.37. The summed E-state index contributed by atoms with van der Waals surface area (Å²) in [5, 5.41) is 0. The van der Waals surface area contributed by atoms with E-state index in [1.165, 1.54) is 11.1 Å². The highest BCUT2D eigenvalue weighted by Gasteiger charge is 2.23. The molecule has 1 aliphatic heterocycles. The third-order valence-electron chi connectivity index (χ3n) is 5.75. The monoisotopic (exact) mass is 410 g/mol. The van der Waals surface area contributed by atoms with E-state index in [2.05, 4.69) is 36.2 Å². The van der Waals surface area contributed by atoms with Gasteiger partial charge < -0.3 is 14.4 Å². The van der Waals surface area contributed by atoms with Gasteiger partial charge in [-0.3, -0.25) is 9.69 Å². The van der Waals surface area contributed by atoms with E-state index in [4.69, 9.17) is 9.47 Å². The van der Waals surface area contributed by atoms with Gasteiger partial charge in [0.05, 0.1) is 6.61 Å². The van der Waals surface area contributed by atoms with Crippen molar-refractivity contribution in [2.24, 2.45) is 5.92 Å². The second-order valence-electron chi connectivity index (χ2n) is 8.18. The summed E-state index contributed by atoms with van der Waals surface area (Å²) < 4.78 is 10.7. The van der Waals surface area contributed by atoms with Crippen LogP contribution < -0.4 is 4.74 Å². The number of nitrogens with zero attached hydrogens (tertiary/aromatic N) is 2. The highest BCUT2D eigenvalue weighted by Crippen LogP contribution is 2.22. The van der Waals surface area contributed by atoms with Gasteiger partial charge in [-0.05, 0) is 55.5 Å². The van der Waals surface area contributed by atoms with Crippen LogP contribution in [0.15, 0.2) is 54.6 Å². The van der Waals surface area contributed by atoms with E-state index >= 15 is 0 Å². The molecule has 1 aliphatic rings. The topological polar surface area (TPSA) is 42.0 Å². The number of methoxy groups -OCH3 is 1. The molecule has 2 aromatic rings. The fourth-order valence-corrected chi connectivity index (χ4v) is 3.89. The van der Waals surface area contributed by atoms with Crippen LogP contribution in [0.2, 0.25) is 0 Å². The van der Waals surface area contributed by atoms with E-state index in [-0.39, 0.29) is 12.5 Å². The minimum absolute atomic E-state index is 0.0826. The molecule has 0 radical (unpaired) electrons. The lowest BCUT2D eigenvalue weighted by atomic mass is 9.90. The van der Waals surface area contributed by atoms with Crippen molar-refractivity contribution in [3.05, 3.63) is 65.7 Å². The fourth-order valence-electron chi connectivity index (χ4n) is 3.89. The number of hydrogen-bond acceptors (Lipinski definition) is 4. The van der Waals surface area contributed by atoms with E-state index < -0.39 is 0 Å². The van der Waals surface area contributed by atoms with Crippen LogP contribution in [0.25, 0.3) is 0 Å². The average Bonchev–Trinajstić information content (AvgIpc) is 2.78. The Labute approximate surface area is 180 Å². The van der Waals surface area contributed by atoms with Crippen molar-refractivity contribution in [1.29, 1.82) is 0 Å². The van der Waals surface area contributed by atoms with Gasteiger partial charge in [-0.15, -0.1) is 0 Å². The lowest BCUT2D eigenvalue weighted by molar-refractivity contribution is -0.134. The zero-order chi connectivity index (χ0) is 21.2. The Morgan fingerprint density at radius 2 is 1.70 bits per heavy atom. The molecule has 1 fully saturated rings. The SMILES string of the molecule is COCCN(C)Cc1ccc(CC2CCN(C(=O)COc3ccccc3)CC2)cc1. The first-order valence-electron chi connectivity index (χ1n) is 10.8. The molecule has 0 aromatic heterocycles. The number of carbonyl (C=O) groups excluding carboxylic acids is 1. The van der Waals surface area contributed by atoms with Crippen LogP contribution in [0.4, 0.5) is 0 Å². The number of para-hydroxylation sites is 1. The van der Waals surface area contributed by atoms with E-state index in [9.17, 15) is 4.79 Å². The van der Waals surface area contributed by atoms with Gasteiger partial charge in [-0.1, -0.05) is 42.5 Å². The standard InChI is InChI=1S/C25H34N2O3/c1-26(16-17-29-2)19-23-10-8-21(9-11-23)18-22-12-14-27(15-13-22)25(28)20-30-24-6-4-3-5-7-24/h3-11,22H,12-20H2,1-2H3. The maximum atomic E-state index is 12.4. The zero-order valence-electron chi connectivity index (χ0n) is 18.3. The lowest BCUT2D eigenvalue weighted by Gasteiger charge is -2.32. The number of ether oxygens (including phenoxy) is 2. The Kier molecular flexibility index (Phi) is 8.72. The van der Waals surface area contributed by atoms with Gasteiger partial charge in [0.15, 0.2) is 6.61 Å². The van der Waals surface area contributed by atoms with Crippen LogP contribution in [-0.4, -0.2) is 62.7 Å². The number of amides is 1. The van der Waals surface area contributed by atoms with E-state index in [0.717, 1.165) is 57.8 Å². The molecule has 1 heterocycles. The quantitative estimate of drug-likeness (QED) is 0.600. The number of likely N-dealkylation sites (N-methyl/N-ethyl adjacent to an activating group) is 1. The smallest absolute Gasteiger partial charge is 0.260 e. The molecule has 5 heteroatoms. The predicted molar refractivity (Wildman–Crippen MR) is 120 cm³/mol. The van der Waals surface area contributed by atoms with Gasteiger partial charge in [0.2, 0.25) is 0 Å². The first-order chi connectivity index (χ1) is 14.6. The summed E-state index contributed by atoms with van der Waals surface area (Å²) in [5.74, 6) is 1.47.